The third-order valence-electron chi connectivity index (χ3n) is 3.63. The minimum Gasteiger partial charge on any atom is -0.497 e. The van der Waals surface area contributed by atoms with Crippen LogP contribution in [0.3, 0.4) is 0 Å². The van der Waals surface area contributed by atoms with E-state index in [1.54, 1.807) is 25.6 Å². The van der Waals surface area contributed by atoms with E-state index in [4.69, 9.17) is 15.2 Å². The summed E-state index contributed by atoms with van der Waals surface area (Å²) < 4.78 is 10.8. The lowest BCUT2D eigenvalue weighted by Gasteiger charge is -2.28. The van der Waals surface area contributed by atoms with Gasteiger partial charge in [0.25, 0.3) is 0 Å². The highest BCUT2D eigenvalue weighted by molar-refractivity contribution is 7.10. The van der Waals surface area contributed by atoms with Gasteiger partial charge < -0.3 is 15.2 Å². The minimum absolute atomic E-state index is 0.0895. The second-order valence-corrected chi connectivity index (χ2v) is 6.04. The molecule has 1 aromatic carbocycles. The highest BCUT2D eigenvalue weighted by atomic mass is 32.1. The molecule has 3 nitrogen and oxygen atoms in total. The van der Waals surface area contributed by atoms with Crippen molar-refractivity contribution in [2.24, 2.45) is 5.73 Å². The quantitative estimate of drug-likeness (QED) is 0.888. The Morgan fingerprint density at radius 3 is 2.55 bits per heavy atom. The minimum atomic E-state index is -0.0895. The number of thiophene rings is 1. The topological polar surface area (TPSA) is 44.5 Å². The lowest BCUT2D eigenvalue weighted by Crippen LogP contribution is -2.33. The largest absolute Gasteiger partial charge is 0.497 e. The van der Waals surface area contributed by atoms with Crippen LogP contribution in [0.15, 0.2) is 35.7 Å². The SMILES string of the molecule is COc1ccc(OC)c(CC(C)(CN)c2cccs2)c1. The molecule has 1 atom stereocenters. The summed E-state index contributed by atoms with van der Waals surface area (Å²) in [6, 6.07) is 10.1. The van der Waals surface area contributed by atoms with E-state index in [0.29, 0.717) is 6.54 Å². The van der Waals surface area contributed by atoms with Crippen LogP contribution in [0, 0.1) is 0 Å². The Balaban J connectivity index is 2.36. The van der Waals surface area contributed by atoms with Crippen LogP contribution >= 0.6 is 11.3 Å². The molecule has 1 unspecified atom stereocenters. The first-order valence-electron chi connectivity index (χ1n) is 6.58. The molecule has 0 aliphatic carbocycles. The summed E-state index contributed by atoms with van der Waals surface area (Å²) in [6.07, 6.45) is 0.824. The van der Waals surface area contributed by atoms with E-state index in [2.05, 4.69) is 24.4 Å². The van der Waals surface area contributed by atoms with Crippen LogP contribution in [0.2, 0.25) is 0 Å². The Bertz CT molecular complexity index is 554. The molecular formula is C16H21NO2S. The van der Waals surface area contributed by atoms with Gasteiger partial charge in [-0.2, -0.15) is 0 Å². The monoisotopic (exact) mass is 291 g/mol. The van der Waals surface area contributed by atoms with Gasteiger partial charge in [-0.1, -0.05) is 13.0 Å². The van der Waals surface area contributed by atoms with Gasteiger partial charge in [-0.05, 0) is 41.6 Å². The van der Waals surface area contributed by atoms with Crippen molar-refractivity contribution in [3.63, 3.8) is 0 Å². The van der Waals surface area contributed by atoms with Crippen molar-refractivity contribution in [2.45, 2.75) is 18.8 Å². The molecule has 0 saturated heterocycles. The summed E-state index contributed by atoms with van der Waals surface area (Å²) in [7, 11) is 3.36. The fraction of sp³-hybridized carbons (Fsp3) is 0.375. The highest BCUT2D eigenvalue weighted by Crippen LogP contribution is 2.35. The Morgan fingerprint density at radius 1 is 1.20 bits per heavy atom. The van der Waals surface area contributed by atoms with Crippen LogP contribution in [0.5, 0.6) is 11.5 Å². The lowest BCUT2D eigenvalue weighted by atomic mass is 9.82. The Labute approximate surface area is 124 Å². The number of methoxy groups -OCH3 is 2. The third kappa shape index (κ3) is 2.97. The van der Waals surface area contributed by atoms with Gasteiger partial charge in [0, 0.05) is 16.8 Å². The smallest absolute Gasteiger partial charge is 0.122 e. The van der Waals surface area contributed by atoms with Crippen molar-refractivity contribution in [3.8, 4) is 11.5 Å². The third-order valence-corrected chi connectivity index (χ3v) is 4.81. The molecule has 0 amide bonds. The van der Waals surface area contributed by atoms with E-state index in [1.807, 2.05) is 18.2 Å². The van der Waals surface area contributed by atoms with E-state index >= 15 is 0 Å². The maximum atomic E-state index is 6.04. The molecule has 1 heterocycles. The van der Waals surface area contributed by atoms with Crippen LogP contribution in [-0.4, -0.2) is 20.8 Å². The van der Waals surface area contributed by atoms with E-state index < -0.39 is 0 Å². The number of nitrogens with two attached hydrogens (primary N) is 1. The summed E-state index contributed by atoms with van der Waals surface area (Å²) in [5.41, 5.74) is 7.07. The molecule has 20 heavy (non-hydrogen) atoms. The van der Waals surface area contributed by atoms with Crippen LogP contribution in [0.25, 0.3) is 0 Å². The first kappa shape index (κ1) is 14.9. The van der Waals surface area contributed by atoms with Crippen molar-refractivity contribution < 1.29 is 9.47 Å². The van der Waals surface area contributed by atoms with Gasteiger partial charge >= 0.3 is 0 Å². The van der Waals surface area contributed by atoms with Gasteiger partial charge in [-0.25, -0.2) is 0 Å². The van der Waals surface area contributed by atoms with E-state index in [9.17, 15) is 0 Å². The predicted molar refractivity (Wildman–Crippen MR) is 84.0 cm³/mol. The van der Waals surface area contributed by atoms with Crippen molar-refractivity contribution in [3.05, 3.63) is 46.2 Å². The zero-order valence-corrected chi connectivity index (χ0v) is 13.0. The average molecular weight is 291 g/mol. The maximum absolute atomic E-state index is 6.04. The molecule has 0 fully saturated rings. The normalized spacial score (nSPS) is 13.8. The molecule has 2 aromatic rings. The standard InChI is InChI=1S/C16H21NO2S/c1-16(11-17,15-5-4-8-20-15)10-12-9-13(18-2)6-7-14(12)19-3/h4-9H,10-11,17H2,1-3H3. The molecule has 0 aliphatic heterocycles. The molecule has 4 heteroatoms. The van der Waals surface area contributed by atoms with Crippen LogP contribution < -0.4 is 15.2 Å². The number of ether oxygens (including phenoxy) is 2. The second kappa shape index (κ2) is 6.29. The van der Waals surface area contributed by atoms with Crippen LogP contribution in [-0.2, 0) is 11.8 Å². The van der Waals surface area contributed by atoms with Gasteiger partial charge in [0.15, 0.2) is 0 Å². The Hall–Kier alpha value is -1.52. The number of rotatable bonds is 6. The Kier molecular flexibility index (Phi) is 4.68. The van der Waals surface area contributed by atoms with Gasteiger partial charge in [0.1, 0.15) is 11.5 Å². The zero-order valence-electron chi connectivity index (χ0n) is 12.2. The van der Waals surface area contributed by atoms with Gasteiger partial charge in [0.05, 0.1) is 14.2 Å². The molecular weight excluding hydrogens is 270 g/mol. The molecule has 0 aliphatic rings. The molecule has 108 valence electrons. The highest BCUT2D eigenvalue weighted by Gasteiger charge is 2.28. The number of benzene rings is 1. The van der Waals surface area contributed by atoms with Crippen molar-refractivity contribution >= 4 is 11.3 Å². The number of hydrogen-bond donors (Lipinski definition) is 1. The summed E-state index contributed by atoms with van der Waals surface area (Å²) in [5, 5.41) is 2.09. The van der Waals surface area contributed by atoms with E-state index in [0.717, 1.165) is 23.5 Å². The van der Waals surface area contributed by atoms with Gasteiger partial charge in [-0.3, -0.25) is 0 Å². The molecule has 0 saturated carbocycles. The fourth-order valence-corrected chi connectivity index (χ4v) is 3.22. The van der Waals surface area contributed by atoms with Crippen molar-refractivity contribution in [2.75, 3.05) is 20.8 Å². The fourth-order valence-electron chi connectivity index (χ4n) is 2.32. The van der Waals surface area contributed by atoms with E-state index in [1.165, 1.54) is 4.88 Å². The average Bonchev–Trinajstić information content (AvgIpc) is 3.02. The van der Waals surface area contributed by atoms with Crippen LogP contribution in [0.1, 0.15) is 17.4 Å². The predicted octanol–water partition coefficient (Wildman–Crippen LogP) is 3.22. The first-order valence-corrected chi connectivity index (χ1v) is 7.46. The zero-order chi connectivity index (χ0) is 14.6. The van der Waals surface area contributed by atoms with Crippen molar-refractivity contribution in [1.29, 1.82) is 0 Å². The Morgan fingerprint density at radius 2 is 2.00 bits per heavy atom. The molecule has 2 N–H and O–H groups in total. The molecule has 1 aromatic heterocycles. The van der Waals surface area contributed by atoms with Gasteiger partial charge in [-0.15, -0.1) is 11.3 Å². The molecule has 2 rings (SSSR count). The molecule has 0 bridgehead atoms. The van der Waals surface area contributed by atoms with Gasteiger partial charge in [0.2, 0.25) is 0 Å². The molecule has 0 radical (unpaired) electrons. The summed E-state index contributed by atoms with van der Waals surface area (Å²) in [6.45, 7) is 2.78. The number of hydrogen-bond acceptors (Lipinski definition) is 4. The van der Waals surface area contributed by atoms with Crippen LogP contribution in [0.4, 0.5) is 0 Å². The van der Waals surface area contributed by atoms with E-state index in [-0.39, 0.29) is 5.41 Å². The summed E-state index contributed by atoms with van der Waals surface area (Å²) >= 11 is 1.75. The maximum Gasteiger partial charge on any atom is 0.122 e. The first-order chi connectivity index (χ1) is 9.62. The summed E-state index contributed by atoms with van der Waals surface area (Å²) in [4.78, 5) is 1.30. The second-order valence-electron chi connectivity index (χ2n) is 5.10. The molecule has 0 spiro atoms. The van der Waals surface area contributed by atoms with Crippen molar-refractivity contribution in [1.82, 2.24) is 0 Å². The summed E-state index contributed by atoms with van der Waals surface area (Å²) in [5.74, 6) is 1.72. The lowest BCUT2D eigenvalue weighted by molar-refractivity contribution is 0.391.